The number of anilines is 1. The molecule has 0 saturated carbocycles. The molecule has 0 aliphatic carbocycles. The molecule has 6 heteroatoms. The minimum Gasteiger partial charge on any atom is -0.478 e. The maximum atomic E-state index is 13.0. The third-order valence-electron chi connectivity index (χ3n) is 3.39. The van der Waals surface area contributed by atoms with Gasteiger partial charge >= 0.3 is 5.97 Å². The number of aliphatic carboxylic acids is 1. The molecule has 1 heterocycles. The second-order valence-corrected chi connectivity index (χ2v) is 4.84. The predicted octanol–water partition coefficient (Wildman–Crippen LogP) is 2.32. The van der Waals surface area contributed by atoms with Gasteiger partial charge in [0.25, 0.3) is 5.91 Å². The topological polar surface area (TPSA) is 66.8 Å². The number of amides is 1. The molecule has 3 rings (SSSR count). The summed E-state index contributed by atoms with van der Waals surface area (Å²) >= 11 is 0. The number of ether oxygens (including phenoxy) is 1. The molecule has 1 aliphatic heterocycles. The van der Waals surface area contributed by atoms with Gasteiger partial charge in [-0.3, -0.25) is 4.79 Å². The van der Waals surface area contributed by atoms with Crippen LogP contribution >= 0.6 is 0 Å². The van der Waals surface area contributed by atoms with Gasteiger partial charge in [0.15, 0.2) is 0 Å². The van der Waals surface area contributed by atoms with Crippen molar-refractivity contribution in [1.29, 1.82) is 0 Å². The number of carboxylic acids is 1. The number of carbonyl (C=O) groups excluding carboxylic acids is 1. The predicted molar refractivity (Wildman–Crippen MR) is 76.6 cm³/mol. The first-order chi connectivity index (χ1) is 10.6. The van der Waals surface area contributed by atoms with Gasteiger partial charge in [-0.25, -0.2) is 9.18 Å². The Balaban J connectivity index is 1.99. The normalized spacial score (nSPS) is 16.6. The van der Waals surface area contributed by atoms with E-state index in [1.807, 2.05) is 0 Å². The van der Waals surface area contributed by atoms with Gasteiger partial charge < -0.3 is 14.7 Å². The summed E-state index contributed by atoms with van der Waals surface area (Å²) in [6.07, 6.45) is -1.14. The first kappa shape index (κ1) is 14.1. The van der Waals surface area contributed by atoms with Crippen molar-refractivity contribution >= 4 is 17.6 Å². The molecule has 2 aromatic rings. The van der Waals surface area contributed by atoms with Gasteiger partial charge in [0.1, 0.15) is 11.6 Å². The summed E-state index contributed by atoms with van der Waals surface area (Å²) in [6.45, 7) is -0.109. The van der Waals surface area contributed by atoms with E-state index in [0.717, 1.165) is 0 Å². The monoisotopic (exact) mass is 301 g/mol. The van der Waals surface area contributed by atoms with Crippen LogP contribution in [0.15, 0.2) is 48.5 Å². The lowest BCUT2D eigenvalue weighted by Gasteiger charge is -2.33. The lowest BCUT2D eigenvalue weighted by atomic mass is 10.1. The second kappa shape index (κ2) is 5.48. The number of rotatable bonds is 2. The Morgan fingerprint density at radius 2 is 1.82 bits per heavy atom. The summed E-state index contributed by atoms with van der Waals surface area (Å²) in [5.74, 6) is -1.66. The molecule has 1 amide bonds. The van der Waals surface area contributed by atoms with Crippen LogP contribution in [0.5, 0.6) is 5.75 Å². The first-order valence-corrected chi connectivity index (χ1v) is 6.62. The molecule has 0 unspecified atom stereocenters. The number of halogens is 1. The van der Waals surface area contributed by atoms with Crippen molar-refractivity contribution in [3.63, 3.8) is 0 Å². The third-order valence-corrected chi connectivity index (χ3v) is 3.39. The summed E-state index contributed by atoms with van der Waals surface area (Å²) in [5, 5.41) is 9.16. The van der Waals surface area contributed by atoms with E-state index in [-0.39, 0.29) is 12.1 Å². The highest BCUT2D eigenvalue weighted by molar-refractivity contribution is 6.07. The van der Waals surface area contributed by atoms with Crippen molar-refractivity contribution in [2.45, 2.75) is 6.10 Å². The standard InChI is InChI=1S/C16H12FNO4/c17-11-7-5-10(6-8-11)15(19)18-9-14(16(20)21)22-13-4-2-1-3-12(13)18/h1-8,14H,9H2,(H,20,21)/t14-/m1/s1. The molecule has 1 N–H and O–H groups in total. The number of carboxylic acid groups (broad SMARTS) is 1. The van der Waals surface area contributed by atoms with Crippen LogP contribution < -0.4 is 9.64 Å². The minimum absolute atomic E-state index is 0.109. The average molecular weight is 301 g/mol. The van der Waals surface area contributed by atoms with E-state index in [4.69, 9.17) is 9.84 Å². The molecule has 112 valence electrons. The van der Waals surface area contributed by atoms with Crippen LogP contribution in [0.3, 0.4) is 0 Å². The number of hydrogen-bond donors (Lipinski definition) is 1. The third kappa shape index (κ3) is 2.50. The van der Waals surface area contributed by atoms with Gasteiger partial charge in [0.05, 0.1) is 12.2 Å². The number of nitrogens with zero attached hydrogens (tertiary/aromatic N) is 1. The summed E-state index contributed by atoms with van der Waals surface area (Å²) in [5.41, 5.74) is 0.775. The van der Waals surface area contributed by atoms with Gasteiger partial charge in [0.2, 0.25) is 6.10 Å². The highest BCUT2D eigenvalue weighted by Crippen LogP contribution is 2.34. The van der Waals surface area contributed by atoms with Crippen LogP contribution in [0.2, 0.25) is 0 Å². The molecular formula is C16H12FNO4. The SMILES string of the molecule is O=C(O)[C@H]1CN(C(=O)c2ccc(F)cc2)c2ccccc2O1. The molecular weight excluding hydrogens is 289 g/mol. The number of carbonyl (C=O) groups is 2. The fraction of sp³-hybridized carbons (Fsp3) is 0.125. The van der Waals surface area contributed by atoms with E-state index < -0.39 is 23.8 Å². The lowest BCUT2D eigenvalue weighted by molar-refractivity contribution is -0.144. The molecule has 0 saturated heterocycles. The quantitative estimate of drug-likeness (QED) is 0.924. The molecule has 0 fully saturated rings. The number of benzene rings is 2. The molecule has 5 nitrogen and oxygen atoms in total. The zero-order valence-electron chi connectivity index (χ0n) is 11.4. The van der Waals surface area contributed by atoms with Crippen LogP contribution in [-0.2, 0) is 4.79 Å². The Kier molecular flexibility index (Phi) is 3.50. The molecule has 0 radical (unpaired) electrons. The van der Waals surface area contributed by atoms with Crippen molar-refractivity contribution < 1.29 is 23.8 Å². The van der Waals surface area contributed by atoms with Crippen LogP contribution in [0.1, 0.15) is 10.4 Å². The first-order valence-electron chi connectivity index (χ1n) is 6.62. The van der Waals surface area contributed by atoms with Crippen molar-refractivity contribution in [2.24, 2.45) is 0 Å². The highest BCUT2D eigenvalue weighted by atomic mass is 19.1. The van der Waals surface area contributed by atoms with E-state index in [9.17, 15) is 14.0 Å². The Hall–Kier alpha value is -2.89. The minimum atomic E-state index is -1.15. The van der Waals surface area contributed by atoms with Crippen LogP contribution in [0.4, 0.5) is 10.1 Å². The molecule has 22 heavy (non-hydrogen) atoms. The van der Waals surface area contributed by atoms with E-state index in [0.29, 0.717) is 11.4 Å². The van der Waals surface area contributed by atoms with E-state index in [2.05, 4.69) is 0 Å². The van der Waals surface area contributed by atoms with E-state index >= 15 is 0 Å². The summed E-state index contributed by atoms with van der Waals surface area (Å²) in [4.78, 5) is 25.1. The molecule has 0 spiro atoms. The van der Waals surface area contributed by atoms with Gasteiger partial charge in [0, 0.05) is 5.56 Å². The number of hydrogen-bond acceptors (Lipinski definition) is 3. The summed E-state index contributed by atoms with van der Waals surface area (Å²) < 4.78 is 18.4. The highest BCUT2D eigenvalue weighted by Gasteiger charge is 2.33. The van der Waals surface area contributed by atoms with E-state index in [1.54, 1.807) is 24.3 Å². The lowest BCUT2D eigenvalue weighted by Crippen LogP contribution is -2.47. The number of para-hydroxylation sites is 2. The fourth-order valence-electron chi connectivity index (χ4n) is 2.30. The van der Waals surface area contributed by atoms with Crippen molar-refractivity contribution in [1.82, 2.24) is 0 Å². The maximum Gasteiger partial charge on any atom is 0.346 e. The second-order valence-electron chi connectivity index (χ2n) is 4.84. The van der Waals surface area contributed by atoms with Crippen molar-refractivity contribution in [3.8, 4) is 5.75 Å². The van der Waals surface area contributed by atoms with Gasteiger partial charge in [-0.2, -0.15) is 0 Å². The zero-order chi connectivity index (χ0) is 15.7. The molecule has 1 atom stereocenters. The molecule has 1 aliphatic rings. The molecule has 0 aromatic heterocycles. The smallest absolute Gasteiger partial charge is 0.346 e. The van der Waals surface area contributed by atoms with Gasteiger partial charge in [-0.15, -0.1) is 0 Å². The largest absolute Gasteiger partial charge is 0.478 e. The van der Waals surface area contributed by atoms with E-state index in [1.165, 1.54) is 29.2 Å². The Bertz CT molecular complexity index is 729. The maximum absolute atomic E-state index is 13.0. The summed E-state index contributed by atoms with van der Waals surface area (Å²) in [6, 6.07) is 11.8. The zero-order valence-corrected chi connectivity index (χ0v) is 11.4. The van der Waals surface area contributed by atoms with Crippen LogP contribution in [0.25, 0.3) is 0 Å². The van der Waals surface area contributed by atoms with Crippen LogP contribution in [-0.4, -0.2) is 29.6 Å². The fourth-order valence-corrected chi connectivity index (χ4v) is 2.30. The Morgan fingerprint density at radius 3 is 2.50 bits per heavy atom. The summed E-state index contributed by atoms with van der Waals surface area (Å²) in [7, 11) is 0. The van der Waals surface area contributed by atoms with Crippen molar-refractivity contribution in [3.05, 3.63) is 59.9 Å². The number of fused-ring (bicyclic) bond motifs is 1. The Labute approximate surface area is 125 Å². The molecule has 2 aromatic carbocycles. The van der Waals surface area contributed by atoms with Crippen molar-refractivity contribution in [2.75, 3.05) is 11.4 Å². The Morgan fingerprint density at radius 1 is 1.14 bits per heavy atom. The van der Waals surface area contributed by atoms with Gasteiger partial charge in [-0.1, -0.05) is 12.1 Å². The van der Waals surface area contributed by atoms with Crippen LogP contribution in [0, 0.1) is 5.82 Å². The van der Waals surface area contributed by atoms with Gasteiger partial charge in [-0.05, 0) is 36.4 Å². The molecule has 0 bridgehead atoms. The average Bonchev–Trinajstić information content (AvgIpc) is 2.53.